The maximum atomic E-state index is 4.98. The van der Waals surface area contributed by atoms with E-state index in [0.29, 0.717) is 6.61 Å². The molecular weight excluding hydrogens is 210 g/mol. The van der Waals surface area contributed by atoms with Crippen molar-refractivity contribution in [2.24, 2.45) is 0 Å². The van der Waals surface area contributed by atoms with Gasteiger partial charge in [0.1, 0.15) is 0 Å². The Morgan fingerprint density at radius 3 is 1.65 bits per heavy atom. The van der Waals surface area contributed by atoms with E-state index in [2.05, 4.69) is 45.1 Å². The molecule has 1 aromatic carbocycles. The molecule has 0 aliphatic heterocycles. The van der Waals surface area contributed by atoms with Gasteiger partial charge in [-0.15, -0.1) is 0 Å². The zero-order chi connectivity index (χ0) is 13.5. The lowest BCUT2D eigenvalue weighted by atomic mass is 10.2. The lowest BCUT2D eigenvalue weighted by Crippen LogP contribution is -1.90. The van der Waals surface area contributed by atoms with Crippen LogP contribution in [0.3, 0.4) is 0 Å². The summed E-state index contributed by atoms with van der Waals surface area (Å²) >= 11 is 0. The maximum Gasteiger partial charge on any atom is 0.0713 e. The number of methoxy groups -OCH3 is 1. The smallest absolute Gasteiger partial charge is 0.0713 e. The van der Waals surface area contributed by atoms with E-state index in [9.17, 15) is 0 Å². The fourth-order valence-corrected chi connectivity index (χ4v) is 0.934. The summed E-state index contributed by atoms with van der Waals surface area (Å²) in [5, 5.41) is 3.06. The van der Waals surface area contributed by atoms with E-state index in [1.165, 1.54) is 18.4 Å². The molecule has 0 fully saturated rings. The Hall–Kier alpha value is -1.02. The quantitative estimate of drug-likeness (QED) is 0.825. The van der Waals surface area contributed by atoms with Crippen molar-refractivity contribution >= 4 is 5.69 Å². The summed E-state index contributed by atoms with van der Waals surface area (Å²) in [5.74, 6) is 0. The SMILES string of the molecule is CCC.CCC.CNc1ccc(COC)cc1. The van der Waals surface area contributed by atoms with Crippen molar-refractivity contribution in [3.05, 3.63) is 29.8 Å². The molecule has 0 aromatic heterocycles. The highest BCUT2D eigenvalue weighted by Crippen LogP contribution is 2.08. The van der Waals surface area contributed by atoms with E-state index in [1.807, 2.05) is 19.2 Å². The van der Waals surface area contributed by atoms with Gasteiger partial charge in [0, 0.05) is 19.8 Å². The fourth-order valence-electron chi connectivity index (χ4n) is 0.934. The molecule has 0 heterocycles. The van der Waals surface area contributed by atoms with E-state index in [0.717, 1.165) is 5.69 Å². The van der Waals surface area contributed by atoms with Gasteiger partial charge in [-0.25, -0.2) is 0 Å². The first-order valence-corrected chi connectivity index (χ1v) is 6.45. The van der Waals surface area contributed by atoms with E-state index in [1.54, 1.807) is 7.11 Å². The minimum atomic E-state index is 0.685. The lowest BCUT2D eigenvalue weighted by Gasteiger charge is -2.01. The van der Waals surface area contributed by atoms with Crippen molar-refractivity contribution in [1.29, 1.82) is 0 Å². The van der Waals surface area contributed by atoms with Crippen LogP contribution in [0.15, 0.2) is 24.3 Å². The van der Waals surface area contributed by atoms with Gasteiger partial charge in [-0.05, 0) is 17.7 Å². The molecule has 1 rings (SSSR count). The number of anilines is 1. The molecule has 0 unspecified atom stereocenters. The second kappa shape index (κ2) is 15.0. The van der Waals surface area contributed by atoms with Gasteiger partial charge >= 0.3 is 0 Å². The zero-order valence-corrected chi connectivity index (χ0v) is 12.3. The summed E-state index contributed by atoms with van der Waals surface area (Å²) in [6, 6.07) is 8.17. The van der Waals surface area contributed by atoms with Crippen molar-refractivity contribution in [2.75, 3.05) is 19.5 Å². The van der Waals surface area contributed by atoms with Gasteiger partial charge in [-0.1, -0.05) is 52.7 Å². The van der Waals surface area contributed by atoms with Gasteiger partial charge in [0.05, 0.1) is 6.61 Å². The minimum Gasteiger partial charge on any atom is -0.388 e. The fraction of sp³-hybridized carbons (Fsp3) is 0.600. The summed E-state index contributed by atoms with van der Waals surface area (Å²) in [6.07, 6.45) is 2.50. The van der Waals surface area contributed by atoms with Crippen LogP contribution in [0.1, 0.15) is 46.1 Å². The van der Waals surface area contributed by atoms with Crippen LogP contribution < -0.4 is 5.32 Å². The van der Waals surface area contributed by atoms with E-state index in [4.69, 9.17) is 4.74 Å². The Balaban J connectivity index is 0. The molecule has 1 aromatic rings. The van der Waals surface area contributed by atoms with Crippen LogP contribution in [0, 0.1) is 0 Å². The molecule has 0 spiro atoms. The normalized spacial score (nSPS) is 8.35. The molecule has 17 heavy (non-hydrogen) atoms. The monoisotopic (exact) mass is 239 g/mol. The molecule has 0 aliphatic rings. The Kier molecular flexibility index (Phi) is 16.2. The highest BCUT2D eigenvalue weighted by atomic mass is 16.5. The van der Waals surface area contributed by atoms with Gasteiger partial charge in [0.25, 0.3) is 0 Å². The first-order chi connectivity index (χ1) is 8.19. The summed E-state index contributed by atoms with van der Waals surface area (Å²) in [5.41, 5.74) is 2.33. The van der Waals surface area contributed by atoms with Crippen LogP contribution in [-0.2, 0) is 11.3 Å². The summed E-state index contributed by atoms with van der Waals surface area (Å²) in [7, 11) is 3.61. The Morgan fingerprint density at radius 1 is 0.941 bits per heavy atom. The molecule has 0 saturated carbocycles. The molecule has 2 nitrogen and oxygen atoms in total. The summed E-state index contributed by atoms with van der Waals surface area (Å²) < 4.78 is 4.98. The van der Waals surface area contributed by atoms with Crippen molar-refractivity contribution < 1.29 is 4.74 Å². The standard InChI is InChI=1S/C9H13NO.2C3H8/c1-10-9-5-3-8(4-6-9)7-11-2;2*1-3-2/h3-6,10H,7H2,1-2H3;2*3H2,1-2H3. The molecular formula is C15H29NO. The number of hydrogen-bond acceptors (Lipinski definition) is 2. The van der Waals surface area contributed by atoms with E-state index < -0.39 is 0 Å². The van der Waals surface area contributed by atoms with Crippen molar-refractivity contribution in [1.82, 2.24) is 0 Å². The predicted octanol–water partition coefficient (Wildman–Crippen LogP) is 4.71. The van der Waals surface area contributed by atoms with Crippen LogP contribution in [0.5, 0.6) is 0 Å². The van der Waals surface area contributed by atoms with Gasteiger partial charge in [-0.3, -0.25) is 0 Å². The molecule has 0 amide bonds. The molecule has 0 saturated heterocycles. The molecule has 1 N–H and O–H groups in total. The molecule has 0 atom stereocenters. The van der Waals surface area contributed by atoms with E-state index >= 15 is 0 Å². The number of ether oxygens (including phenoxy) is 1. The van der Waals surface area contributed by atoms with Gasteiger partial charge in [0.2, 0.25) is 0 Å². The average Bonchev–Trinajstić information content (AvgIpc) is 2.32. The molecule has 0 aliphatic carbocycles. The van der Waals surface area contributed by atoms with Crippen molar-refractivity contribution in [3.8, 4) is 0 Å². The summed E-state index contributed by atoms with van der Waals surface area (Å²) in [6.45, 7) is 9.18. The minimum absolute atomic E-state index is 0.685. The van der Waals surface area contributed by atoms with Gasteiger partial charge in [-0.2, -0.15) is 0 Å². The number of benzene rings is 1. The Labute approximate surface area is 107 Å². The first kappa shape index (κ1) is 18.3. The third-order valence-electron chi connectivity index (χ3n) is 1.55. The Bertz CT molecular complexity index is 229. The van der Waals surface area contributed by atoms with Gasteiger partial charge in [0.15, 0.2) is 0 Å². The Morgan fingerprint density at radius 2 is 1.35 bits per heavy atom. The largest absolute Gasteiger partial charge is 0.388 e. The molecule has 100 valence electrons. The van der Waals surface area contributed by atoms with Gasteiger partial charge < -0.3 is 10.1 Å². The second-order valence-electron chi connectivity index (χ2n) is 3.79. The number of nitrogens with one attached hydrogen (secondary N) is 1. The van der Waals surface area contributed by atoms with Crippen LogP contribution in [0.4, 0.5) is 5.69 Å². The third kappa shape index (κ3) is 12.9. The number of rotatable bonds is 3. The topological polar surface area (TPSA) is 21.3 Å². The van der Waals surface area contributed by atoms with Crippen LogP contribution in [0.25, 0.3) is 0 Å². The summed E-state index contributed by atoms with van der Waals surface area (Å²) in [4.78, 5) is 0. The molecule has 2 heteroatoms. The highest BCUT2D eigenvalue weighted by molar-refractivity contribution is 5.43. The lowest BCUT2D eigenvalue weighted by molar-refractivity contribution is 0.185. The van der Waals surface area contributed by atoms with Crippen LogP contribution in [0.2, 0.25) is 0 Å². The highest BCUT2D eigenvalue weighted by Gasteiger charge is 1.90. The second-order valence-corrected chi connectivity index (χ2v) is 3.79. The number of hydrogen-bond donors (Lipinski definition) is 1. The average molecular weight is 239 g/mol. The third-order valence-corrected chi connectivity index (χ3v) is 1.55. The van der Waals surface area contributed by atoms with Crippen LogP contribution >= 0.6 is 0 Å². The van der Waals surface area contributed by atoms with Crippen molar-refractivity contribution in [2.45, 2.75) is 47.1 Å². The van der Waals surface area contributed by atoms with E-state index in [-0.39, 0.29) is 0 Å². The predicted molar refractivity (Wildman–Crippen MR) is 78.6 cm³/mol. The van der Waals surface area contributed by atoms with Crippen molar-refractivity contribution in [3.63, 3.8) is 0 Å². The first-order valence-electron chi connectivity index (χ1n) is 6.45. The van der Waals surface area contributed by atoms with Crippen LogP contribution in [-0.4, -0.2) is 14.2 Å². The maximum absolute atomic E-state index is 4.98. The molecule has 0 bridgehead atoms. The zero-order valence-electron chi connectivity index (χ0n) is 12.3. The molecule has 0 radical (unpaired) electrons.